The van der Waals surface area contributed by atoms with Crippen molar-refractivity contribution in [3.8, 4) is 11.5 Å². The number of ether oxygens (including phenoxy) is 2. The van der Waals surface area contributed by atoms with Gasteiger partial charge in [-0.1, -0.05) is 23.7 Å². The summed E-state index contributed by atoms with van der Waals surface area (Å²) in [5.41, 5.74) is 2.35. The third-order valence-corrected chi connectivity index (χ3v) is 4.32. The van der Waals surface area contributed by atoms with Crippen molar-refractivity contribution < 1.29 is 14.3 Å². The van der Waals surface area contributed by atoms with Crippen molar-refractivity contribution in [2.45, 2.75) is 13.1 Å². The quantitative estimate of drug-likeness (QED) is 0.918. The van der Waals surface area contributed by atoms with Crippen molar-refractivity contribution in [3.63, 3.8) is 0 Å². The summed E-state index contributed by atoms with van der Waals surface area (Å²) in [6, 6.07) is 11.1. The number of rotatable bonds is 4. The number of carbonyl (C=O) groups is 1. The Morgan fingerprint density at radius 1 is 1.29 bits per heavy atom. The molecule has 2 aromatic rings. The van der Waals surface area contributed by atoms with Crippen LogP contribution in [0.4, 0.5) is 5.69 Å². The molecular formula is C18H19ClN2O3. The number of carbonyl (C=O) groups excluding carboxylic acids is 1. The summed E-state index contributed by atoms with van der Waals surface area (Å²) >= 11 is 6.34. The van der Waals surface area contributed by atoms with E-state index < -0.39 is 0 Å². The number of benzene rings is 2. The Morgan fingerprint density at radius 2 is 2.04 bits per heavy atom. The first kappa shape index (κ1) is 16.5. The fourth-order valence-corrected chi connectivity index (χ4v) is 3.22. The number of amides is 1. The monoisotopic (exact) mass is 346 g/mol. The van der Waals surface area contributed by atoms with Gasteiger partial charge in [0.05, 0.1) is 30.0 Å². The van der Waals surface area contributed by atoms with Gasteiger partial charge in [0.1, 0.15) is 6.17 Å². The van der Waals surface area contributed by atoms with E-state index in [2.05, 4.69) is 5.32 Å². The maximum absolute atomic E-state index is 12.4. The number of hydrogen-bond donors (Lipinski definition) is 1. The minimum Gasteiger partial charge on any atom is -0.491 e. The second kappa shape index (κ2) is 6.61. The lowest BCUT2D eigenvalue weighted by Crippen LogP contribution is -2.44. The first-order valence-corrected chi connectivity index (χ1v) is 8.07. The summed E-state index contributed by atoms with van der Waals surface area (Å²) in [4.78, 5) is 14.4. The van der Waals surface area contributed by atoms with Crippen molar-refractivity contribution in [3.05, 3.63) is 52.5 Å². The highest BCUT2D eigenvalue weighted by Gasteiger charge is 2.30. The van der Waals surface area contributed by atoms with Crippen molar-refractivity contribution in [2.24, 2.45) is 0 Å². The summed E-state index contributed by atoms with van der Waals surface area (Å²) in [6.45, 7) is 2.39. The summed E-state index contributed by atoms with van der Waals surface area (Å²) < 4.78 is 10.9. The maximum atomic E-state index is 12.4. The molecule has 1 aliphatic rings. The van der Waals surface area contributed by atoms with Gasteiger partial charge in [-0.3, -0.25) is 4.79 Å². The smallest absolute Gasteiger partial charge is 0.255 e. The summed E-state index contributed by atoms with van der Waals surface area (Å²) in [6.07, 6.45) is -0.338. The molecule has 0 spiro atoms. The molecule has 0 saturated carbocycles. The highest BCUT2D eigenvalue weighted by Crippen LogP contribution is 2.40. The lowest BCUT2D eigenvalue weighted by molar-refractivity contribution is 0.0928. The van der Waals surface area contributed by atoms with E-state index in [4.69, 9.17) is 21.1 Å². The third-order valence-electron chi connectivity index (χ3n) is 4.04. The molecule has 5 nitrogen and oxygen atoms in total. The Morgan fingerprint density at radius 3 is 2.75 bits per heavy atom. The van der Waals surface area contributed by atoms with E-state index in [9.17, 15) is 4.79 Å². The largest absolute Gasteiger partial charge is 0.491 e. The van der Waals surface area contributed by atoms with Crippen LogP contribution in [0.5, 0.6) is 11.5 Å². The van der Waals surface area contributed by atoms with Gasteiger partial charge in [0, 0.05) is 12.6 Å². The van der Waals surface area contributed by atoms with Gasteiger partial charge in [0.2, 0.25) is 0 Å². The zero-order valence-electron chi connectivity index (χ0n) is 13.8. The molecule has 1 N–H and O–H groups in total. The van der Waals surface area contributed by atoms with Crippen LogP contribution in [0.15, 0.2) is 36.4 Å². The van der Waals surface area contributed by atoms with Crippen LogP contribution in [0, 0.1) is 0 Å². The topological polar surface area (TPSA) is 50.8 Å². The average Bonchev–Trinajstić information content (AvgIpc) is 2.58. The highest BCUT2D eigenvalue weighted by atomic mass is 35.5. The van der Waals surface area contributed by atoms with Gasteiger partial charge in [-0.2, -0.15) is 0 Å². The van der Waals surface area contributed by atoms with Gasteiger partial charge in [-0.25, -0.2) is 0 Å². The number of halogens is 1. The molecule has 1 heterocycles. The van der Waals surface area contributed by atoms with Gasteiger partial charge in [-0.05, 0) is 31.2 Å². The standard InChI is InChI=1S/C18H19ClN2O3/c1-4-24-15-10-11(9-13(19)16(15)23-3)17-20-18(22)12-7-5-6-8-14(12)21(17)2/h5-10,17H,4H2,1-3H3,(H,20,22). The number of anilines is 1. The molecule has 1 atom stereocenters. The van der Waals surface area contributed by atoms with Gasteiger partial charge < -0.3 is 19.7 Å². The van der Waals surface area contributed by atoms with E-state index in [1.54, 1.807) is 13.2 Å². The molecule has 1 unspecified atom stereocenters. The minimum absolute atomic E-state index is 0.112. The molecule has 0 bridgehead atoms. The highest BCUT2D eigenvalue weighted by molar-refractivity contribution is 6.32. The Hall–Kier alpha value is -2.40. The van der Waals surface area contributed by atoms with E-state index in [0.29, 0.717) is 28.7 Å². The molecule has 1 amide bonds. The number of hydrogen-bond acceptors (Lipinski definition) is 4. The van der Waals surface area contributed by atoms with E-state index in [-0.39, 0.29) is 12.1 Å². The molecular weight excluding hydrogens is 328 g/mol. The van der Waals surface area contributed by atoms with Gasteiger partial charge in [0.15, 0.2) is 11.5 Å². The SMILES string of the molecule is CCOc1cc(C2NC(=O)c3ccccc3N2C)cc(Cl)c1OC. The van der Waals surface area contributed by atoms with Crippen LogP contribution in [0.1, 0.15) is 29.0 Å². The second-order valence-electron chi connectivity index (χ2n) is 5.47. The third kappa shape index (κ3) is 2.76. The molecule has 126 valence electrons. The van der Waals surface area contributed by atoms with Gasteiger partial charge in [0.25, 0.3) is 5.91 Å². The molecule has 0 fully saturated rings. The van der Waals surface area contributed by atoms with Crippen molar-refractivity contribution in [1.82, 2.24) is 5.32 Å². The van der Waals surface area contributed by atoms with Crippen LogP contribution in [0.25, 0.3) is 0 Å². The Balaban J connectivity index is 2.05. The molecule has 2 aromatic carbocycles. The number of nitrogens with zero attached hydrogens (tertiary/aromatic N) is 1. The van der Waals surface area contributed by atoms with Crippen molar-refractivity contribution in [2.75, 3.05) is 25.7 Å². The van der Waals surface area contributed by atoms with Crippen LogP contribution in [-0.4, -0.2) is 26.7 Å². The van der Waals surface area contributed by atoms with Crippen LogP contribution in [-0.2, 0) is 0 Å². The van der Waals surface area contributed by atoms with E-state index in [1.807, 2.05) is 49.2 Å². The summed E-state index contributed by atoms with van der Waals surface area (Å²) in [5, 5.41) is 3.45. The zero-order valence-corrected chi connectivity index (χ0v) is 14.6. The molecule has 0 aromatic heterocycles. The van der Waals surface area contributed by atoms with Crippen LogP contribution in [0.3, 0.4) is 0 Å². The summed E-state index contributed by atoms with van der Waals surface area (Å²) in [7, 11) is 3.48. The normalized spacial score (nSPS) is 16.4. The fourth-order valence-electron chi connectivity index (χ4n) is 2.92. The Bertz CT molecular complexity index is 779. The van der Waals surface area contributed by atoms with Gasteiger partial charge >= 0.3 is 0 Å². The molecule has 0 saturated heterocycles. The maximum Gasteiger partial charge on any atom is 0.255 e. The lowest BCUT2D eigenvalue weighted by Gasteiger charge is -2.36. The zero-order chi connectivity index (χ0) is 17.3. The molecule has 6 heteroatoms. The summed E-state index contributed by atoms with van der Waals surface area (Å²) in [5.74, 6) is 0.940. The molecule has 0 aliphatic carbocycles. The van der Waals surface area contributed by atoms with Gasteiger partial charge in [-0.15, -0.1) is 0 Å². The first-order chi connectivity index (χ1) is 11.6. The molecule has 3 rings (SSSR count). The number of nitrogens with one attached hydrogen (secondary N) is 1. The van der Waals surface area contributed by atoms with Crippen LogP contribution in [0.2, 0.25) is 5.02 Å². The van der Waals surface area contributed by atoms with Crippen molar-refractivity contribution in [1.29, 1.82) is 0 Å². The van der Waals surface area contributed by atoms with Crippen LogP contribution >= 0.6 is 11.6 Å². The lowest BCUT2D eigenvalue weighted by atomic mass is 10.0. The predicted octanol–water partition coefficient (Wildman–Crippen LogP) is 3.63. The fraction of sp³-hybridized carbons (Fsp3) is 0.278. The van der Waals surface area contributed by atoms with Crippen LogP contribution < -0.4 is 19.7 Å². The number of para-hydroxylation sites is 1. The molecule has 1 aliphatic heterocycles. The van der Waals surface area contributed by atoms with E-state index in [1.165, 1.54) is 0 Å². The number of methoxy groups -OCH3 is 1. The van der Waals surface area contributed by atoms with Crippen molar-refractivity contribution >= 4 is 23.2 Å². The Kier molecular flexibility index (Phi) is 4.53. The number of fused-ring (bicyclic) bond motifs is 1. The molecule has 0 radical (unpaired) electrons. The first-order valence-electron chi connectivity index (χ1n) is 7.69. The second-order valence-corrected chi connectivity index (χ2v) is 5.88. The Labute approximate surface area is 146 Å². The van der Waals surface area contributed by atoms with E-state index >= 15 is 0 Å². The molecule has 24 heavy (non-hydrogen) atoms. The van der Waals surface area contributed by atoms with E-state index in [0.717, 1.165) is 11.3 Å². The average molecular weight is 347 g/mol. The minimum atomic E-state index is -0.338. The predicted molar refractivity (Wildman–Crippen MR) is 94.2 cm³/mol.